The summed E-state index contributed by atoms with van der Waals surface area (Å²) in [5.41, 5.74) is 23.2. The average Bonchev–Trinajstić information content (AvgIpc) is 3.42. The Morgan fingerprint density at radius 2 is 1.54 bits per heavy atom. The van der Waals surface area contributed by atoms with Crippen LogP contribution in [0.25, 0.3) is 0 Å². The standard InChI is InChI=1S/C25H36N10O6/c26-16(9-14-5-2-1-3-6-14)21(37)34-18(10-15-12-30-13-32-15)23(39)33-17(7-4-8-31-25(28)29)22(38)35-19(24(40)41)11-20(27)36/h1-3,5-6,12-13,16-19H,4,7-11,26H2,(H2,27,36)(H,30,32)(H,33,39)(H,34,37)(H,35,38)(H,40,41)(H4,28,29,31). The summed E-state index contributed by atoms with van der Waals surface area (Å²) < 4.78 is 0. The molecule has 2 rings (SSSR count). The maximum Gasteiger partial charge on any atom is 0.326 e. The van der Waals surface area contributed by atoms with Crippen LogP contribution in [0.2, 0.25) is 0 Å². The van der Waals surface area contributed by atoms with E-state index in [1.807, 2.05) is 30.3 Å². The van der Waals surface area contributed by atoms with Crippen LogP contribution in [0, 0.1) is 0 Å². The molecular weight excluding hydrogens is 536 g/mol. The molecule has 0 saturated carbocycles. The highest BCUT2D eigenvalue weighted by atomic mass is 16.4. The molecule has 16 nitrogen and oxygen atoms in total. The first-order valence-electron chi connectivity index (χ1n) is 12.7. The minimum Gasteiger partial charge on any atom is -0.480 e. The number of benzene rings is 1. The van der Waals surface area contributed by atoms with Gasteiger partial charge in [-0.25, -0.2) is 9.78 Å². The number of carboxylic acids is 1. The van der Waals surface area contributed by atoms with Gasteiger partial charge in [-0.1, -0.05) is 30.3 Å². The number of amides is 4. The van der Waals surface area contributed by atoms with Crippen LogP contribution in [0.3, 0.4) is 0 Å². The molecule has 0 saturated heterocycles. The zero-order valence-corrected chi connectivity index (χ0v) is 22.3. The zero-order valence-electron chi connectivity index (χ0n) is 22.3. The van der Waals surface area contributed by atoms with E-state index in [1.54, 1.807) is 0 Å². The van der Waals surface area contributed by atoms with Gasteiger partial charge in [0.25, 0.3) is 0 Å². The summed E-state index contributed by atoms with van der Waals surface area (Å²) in [6.07, 6.45) is 2.64. The van der Waals surface area contributed by atoms with Crippen molar-refractivity contribution in [3.8, 4) is 0 Å². The number of aliphatic carboxylic acids is 1. The Bertz CT molecular complexity index is 1200. The van der Waals surface area contributed by atoms with E-state index in [1.165, 1.54) is 12.5 Å². The number of rotatable bonds is 17. The van der Waals surface area contributed by atoms with E-state index >= 15 is 0 Å². The lowest BCUT2D eigenvalue weighted by molar-refractivity contribution is -0.143. The van der Waals surface area contributed by atoms with E-state index in [-0.39, 0.29) is 38.2 Å². The summed E-state index contributed by atoms with van der Waals surface area (Å²) in [7, 11) is 0. The highest BCUT2D eigenvalue weighted by molar-refractivity contribution is 5.95. The molecule has 2 aromatic rings. The van der Waals surface area contributed by atoms with Gasteiger partial charge in [0.05, 0.1) is 18.8 Å². The number of hydrogen-bond donors (Lipinski definition) is 9. The highest BCUT2D eigenvalue weighted by Gasteiger charge is 2.31. The number of carbonyl (C=O) groups excluding carboxylic acids is 4. The number of aromatic amines is 1. The average molecular weight is 573 g/mol. The summed E-state index contributed by atoms with van der Waals surface area (Å²) in [4.78, 5) is 72.8. The molecule has 4 amide bonds. The number of imidazole rings is 1. The van der Waals surface area contributed by atoms with Gasteiger partial charge in [-0.05, 0) is 24.8 Å². The van der Waals surface area contributed by atoms with E-state index in [9.17, 15) is 29.1 Å². The monoisotopic (exact) mass is 572 g/mol. The van der Waals surface area contributed by atoms with Gasteiger partial charge in [0, 0.05) is 24.9 Å². The molecule has 0 fully saturated rings. The molecule has 1 heterocycles. The molecule has 0 aliphatic rings. The van der Waals surface area contributed by atoms with Crippen LogP contribution in [0.4, 0.5) is 0 Å². The van der Waals surface area contributed by atoms with E-state index in [0.717, 1.165) is 5.56 Å². The molecular formula is C25H36N10O6. The number of H-pyrrole nitrogens is 1. The topological polar surface area (TPSA) is 287 Å². The molecule has 4 atom stereocenters. The number of carboxylic acid groups (broad SMARTS) is 1. The lowest BCUT2D eigenvalue weighted by Crippen LogP contribution is -2.58. The maximum absolute atomic E-state index is 13.4. The molecule has 13 N–H and O–H groups in total. The van der Waals surface area contributed by atoms with E-state index in [2.05, 4.69) is 30.9 Å². The van der Waals surface area contributed by atoms with Crippen molar-refractivity contribution >= 4 is 35.6 Å². The molecule has 41 heavy (non-hydrogen) atoms. The molecule has 4 unspecified atom stereocenters. The van der Waals surface area contributed by atoms with Crippen molar-refractivity contribution in [3.63, 3.8) is 0 Å². The number of nitrogens with two attached hydrogens (primary N) is 4. The fourth-order valence-corrected chi connectivity index (χ4v) is 3.78. The Labute approximate surface area is 235 Å². The van der Waals surface area contributed by atoms with Gasteiger partial charge >= 0.3 is 5.97 Å². The van der Waals surface area contributed by atoms with Crippen molar-refractivity contribution in [2.24, 2.45) is 27.9 Å². The number of aromatic nitrogens is 2. The van der Waals surface area contributed by atoms with Crippen molar-refractivity contribution in [3.05, 3.63) is 54.1 Å². The first-order chi connectivity index (χ1) is 19.5. The second-order valence-electron chi connectivity index (χ2n) is 9.22. The van der Waals surface area contributed by atoms with Gasteiger partial charge in [-0.2, -0.15) is 0 Å². The largest absolute Gasteiger partial charge is 0.480 e. The van der Waals surface area contributed by atoms with E-state index < -0.39 is 60.2 Å². The van der Waals surface area contributed by atoms with Crippen LogP contribution in [-0.4, -0.2) is 81.3 Å². The Kier molecular flexibility index (Phi) is 12.7. The summed E-state index contributed by atoms with van der Waals surface area (Å²) in [6.45, 7) is 0.119. The van der Waals surface area contributed by atoms with Gasteiger partial charge in [-0.15, -0.1) is 0 Å². The van der Waals surface area contributed by atoms with Gasteiger partial charge in [0.1, 0.15) is 18.1 Å². The van der Waals surface area contributed by atoms with E-state index in [4.69, 9.17) is 22.9 Å². The van der Waals surface area contributed by atoms with Crippen molar-refractivity contribution in [1.82, 2.24) is 25.9 Å². The quantitative estimate of drug-likeness (QED) is 0.0525. The van der Waals surface area contributed by atoms with Crippen LogP contribution in [0.1, 0.15) is 30.5 Å². The van der Waals surface area contributed by atoms with Crippen LogP contribution in [0.5, 0.6) is 0 Å². The molecule has 0 spiro atoms. The van der Waals surface area contributed by atoms with E-state index in [0.29, 0.717) is 5.69 Å². The first-order valence-corrected chi connectivity index (χ1v) is 12.7. The number of carbonyl (C=O) groups is 5. The number of nitrogens with zero attached hydrogens (tertiary/aromatic N) is 2. The molecule has 1 aromatic heterocycles. The minimum absolute atomic E-state index is 0.00446. The SMILES string of the molecule is NC(=O)CC(NC(=O)C(CCCN=C(N)N)NC(=O)C(Cc1cnc[nH]1)NC(=O)C(N)Cc1ccccc1)C(=O)O. The fraction of sp³-hybridized carbons (Fsp3) is 0.400. The van der Waals surface area contributed by atoms with Gasteiger partial charge < -0.3 is 49.0 Å². The Morgan fingerprint density at radius 1 is 0.902 bits per heavy atom. The second kappa shape index (κ2) is 16.2. The van der Waals surface area contributed by atoms with Crippen LogP contribution in [-0.2, 0) is 36.8 Å². The fourth-order valence-electron chi connectivity index (χ4n) is 3.78. The smallest absolute Gasteiger partial charge is 0.326 e. The predicted octanol–water partition coefficient (Wildman–Crippen LogP) is -3.01. The maximum atomic E-state index is 13.4. The number of nitrogens with one attached hydrogen (secondary N) is 4. The molecule has 0 aliphatic heterocycles. The van der Waals surface area contributed by atoms with Crippen molar-refractivity contribution < 1.29 is 29.1 Å². The lowest BCUT2D eigenvalue weighted by Gasteiger charge is -2.25. The third-order valence-corrected chi connectivity index (χ3v) is 5.85. The minimum atomic E-state index is -1.62. The van der Waals surface area contributed by atoms with Crippen molar-refractivity contribution in [2.75, 3.05) is 6.54 Å². The number of guanidine groups is 1. The summed E-state index contributed by atoms with van der Waals surface area (Å²) in [6, 6.07) is 4.04. The van der Waals surface area contributed by atoms with Gasteiger partial charge in [0.15, 0.2) is 5.96 Å². The number of aliphatic imine (C=N–C) groups is 1. The normalized spacial score (nSPS) is 13.6. The molecule has 16 heteroatoms. The molecule has 0 bridgehead atoms. The first kappa shape index (κ1) is 32.2. The lowest BCUT2D eigenvalue weighted by atomic mass is 10.0. The second-order valence-corrected chi connectivity index (χ2v) is 9.22. The van der Waals surface area contributed by atoms with Crippen LogP contribution >= 0.6 is 0 Å². The molecule has 0 aliphatic carbocycles. The number of hydrogen-bond acceptors (Lipinski definition) is 8. The van der Waals surface area contributed by atoms with Gasteiger partial charge in [0.2, 0.25) is 23.6 Å². The van der Waals surface area contributed by atoms with Crippen molar-refractivity contribution in [2.45, 2.75) is 56.3 Å². The van der Waals surface area contributed by atoms with Crippen LogP contribution in [0.15, 0.2) is 47.8 Å². The van der Waals surface area contributed by atoms with Crippen molar-refractivity contribution in [1.29, 1.82) is 0 Å². The summed E-state index contributed by atoms with van der Waals surface area (Å²) in [5.74, 6) is -4.83. The highest BCUT2D eigenvalue weighted by Crippen LogP contribution is 2.07. The Morgan fingerprint density at radius 3 is 2.12 bits per heavy atom. The zero-order chi connectivity index (χ0) is 30.4. The third-order valence-electron chi connectivity index (χ3n) is 5.85. The summed E-state index contributed by atoms with van der Waals surface area (Å²) in [5, 5.41) is 16.8. The molecule has 1 aromatic carbocycles. The third kappa shape index (κ3) is 11.7. The summed E-state index contributed by atoms with van der Waals surface area (Å²) >= 11 is 0. The Hall–Kier alpha value is -4.99. The van der Waals surface area contributed by atoms with Crippen LogP contribution < -0.4 is 38.9 Å². The van der Waals surface area contributed by atoms with Gasteiger partial charge in [-0.3, -0.25) is 24.2 Å². The molecule has 222 valence electrons. The number of primary amides is 1. The Balaban J connectivity index is 2.21. The predicted molar refractivity (Wildman–Crippen MR) is 148 cm³/mol. The molecule has 0 radical (unpaired) electrons.